The summed E-state index contributed by atoms with van der Waals surface area (Å²) in [4.78, 5) is 30.2. The largest absolute Gasteiger partial charge is 0.466 e. The molecule has 8 nitrogen and oxygen atoms in total. The number of urea groups is 1. The number of piperazine rings is 1. The average molecular weight is 371 g/mol. The van der Waals surface area contributed by atoms with Crippen molar-refractivity contribution in [2.24, 2.45) is 5.41 Å². The molecule has 2 aliphatic heterocycles. The van der Waals surface area contributed by atoms with Crippen LogP contribution in [0.25, 0.3) is 0 Å². The molecule has 0 aromatic carbocycles. The van der Waals surface area contributed by atoms with Crippen molar-refractivity contribution in [3.63, 3.8) is 0 Å². The van der Waals surface area contributed by atoms with E-state index in [0.717, 1.165) is 0 Å². The topological polar surface area (TPSA) is 82.6 Å². The molecule has 2 aliphatic rings. The van der Waals surface area contributed by atoms with Gasteiger partial charge < -0.3 is 24.4 Å². The maximum atomic E-state index is 12.7. The molecule has 2 saturated heterocycles. The first-order chi connectivity index (χ1) is 11.9. The molecule has 1 N–H and O–H groups in total. The van der Waals surface area contributed by atoms with Crippen LogP contribution in [-0.4, -0.2) is 89.2 Å². The van der Waals surface area contributed by atoms with Gasteiger partial charge in [-0.2, -0.15) is 0 Å². The second-order valence-electron chi connectivity index (χ2n) is 8.67. The molecule has 2 heterocycles. The van der Waals surface area contributed by atoms with E-state index >= 15 is 0 Å². The number of aliphatic hydroxyl groups is 1. The molecule has 0 saturated carbocycles. The lowest BCUT2D eigenvalue weighted by molar-refractivity contribution is -0.245. The smallest absolute Gasteiger partial charge is 0.320 e. The molecular formula is C18H33N3O5. The molecular weight excluding hydrogens is 338 g/mol. The lowest BCUT2D eigenvalue weighted by Crippen LogP contribution is -2.56. The fourth-order valence-corrected chi connectivity index (χ4v) is 3.39. The van der Waals surface area contributed by atoms with Crippen molar-refractivity contribution in [3.8, 4) is 0 Å². The van der Waals surface area contributed by atoms with E-state index in [0.29, 0.717) is 39.3 Å². The number of hydrogen-bond acceptors (Lipinski definition) is 6. The normalized spacial score (nSPS) is 23.2. The highest BCUT2D eigenvalue weighted by atomic mass is 16.6. The molecule has 2 atom stereocenters. The Bertz CT molecular complexity index is 531. The average Bonchev–Trinajstić information content (AvgIpc) is 2.81. The molecule has 0 aliphatic carbocycles. The van der Waals surface area contributed by atoms with Gasteiger partial charge in [0.1, 0.15) is 0 Å². The highest BCUT2D eigenvalue weighted by Crippen LogP contribution is 2.27. The highest BCUT2D eigenvalue weighted by Gasteiger charge is 2.45. The van der Waals surface area contributed by atoms with Gasteiger partial charge in [0.2, 0.25) is 6.41 Å². The van der Waals surface area contributed by atoms with Gasteiger partial charge in [-0.15, -0.1) is 0 Å². The first-order valence-corrected chi connectivity index (χ1v) is 9.27. The minimum atomic E-state index is -0.989. The zero-order valence-electron chi connectivity index (χ0n) is 16.8. The van der Waals surface area contributed by atoms with Crippen LogP contribution in [0.2, 0.25) is 0 Å². The van der Waals surface area contributed by atoms with Gasteiger partial charge in [-0.25, -0.2) is 4.79 Å². The number of hydrogen-bond donors (Lipinski definition) is 1. The van der Waals surface area contributed by atoms with Crippen LogP contribution in [-0.2, 0) is 14.3 Å². The number of aliphatic hydroxyl groups excluding tert-OH is 1. The molecule has 0 spiro atoms. The number of rotatable bonds is 6. The van der Waals surface area contributed by atoms with Crippen LogP contribution in [0.5, 0.6) is 0 Å². The van der Waals surface area contributed by atoms with Gasteiger partial charge in [0.25, 0.3) is 0 Å². The molecule has 26 heavy (non-hydrogen) atoms. The molecule has 2 fully saturated rings. The summed E-state index contributed by atoms with van der Waals surface area (Å²) in [6.07, 6.45) is -0.989. The number of esters is 1. The molecule has 0 aromatic rings. The van der Waals surface area contributed by atoms with Crippen molar-refractivity contribution in [2.75, 3.05) is 39.3 Å². The van der Waals surface area contributed by atoms with Crippen LogP contribution >= 0.6 is 0 Å². The fourth-order valence-electron chi connectivity index (χ4n) is 3.39. The van der Waals surface area contributed by atoms with Gasteiger partial charge in [-0.1, -0.05) is 0 Å². The second-order valence-corrected chi connectivity index (χ2v) is 8.67. The van der Waals surface area contributed by atoms with Gasteiger partial charge in [0, 0.05) is 32.7 Å². The monoisotopic (exact) mass is 371 g/mol. The van der Waals surface area contributed by atoms with Crippen molar-refractivity contribution in [1.29, 1.82) is 0 Å². The first-order valence-electron chi connectivity index (χ1n) is 9.27. The van der Waals surface area contributed by atoms with E-state index in [1.165, 1.54) is 0 Å². The number of nitrogens with zero attached hydrogens (tertiary/aromatic N) is 3. The summed E-state index contributed by atoms with van der Waals surface area (Å²) in [5.41, 5.74) is -1.20. The minimum absolute atomic E-state index is 0.0209. The van der Waals surface area contributed by atoms with Gasteiger partial charge in [-0.3, -0.25) is 9.69 Å². The van der Waals surface area contributed by atoms with Crippen LogP contribution < -0.4 is 0 Å². The maximum Gasteiger partial charge on any atom is 0.320 e. The minimum Gasteiger partial charge on any atom is -0.466 e. The van der Waals surface area contributed by atoms with E-state index in [9.17, 15) is 14.7 Å². The van der Waals surface area contributed by atoms with Crippen LogP contribution in [0.3, 0.4) is 0 Å². The fraction of sp³-hybridized carbons (Fsp3) is 0.889. The summed E-state index contributed by atoms with van der Waals surface area (Å²) in [6, 6.07) is -0.0780. The van der Waals surface area contributed by atoms with Crippen LogP contribution in [0, 0.1) is 5.41 Å². The van der Waals surface area contributed by atoms with E-state index in [2.05, 4.69) is 0 Å². The predicted molar refractivity (Wildman–Crippen MR) is 96.3 cm³/mol. The summed E-state index contributed by atoms with van der Waals surface area (Å²) >= 11 is 0. The third kappa shape index (κ3) is 4.86. The number of amides is 2. The van der Waals surface area contributed by atoms with E-state index in [1.54, 1.807) is 25.7 Å². The molecule has 2 rings (SSSR count). The number of carbonyl (C=O) groups is 2. The van der Waals surface area contributed by atoms with Gasteiger partial charge in [0.15, 0.2) is 0 Å². The summed E-state index contributed by atoms with van der Waals surface area (Å²) in [7, 11) is 0. The predicted octanol–water partition coefficient (Wildman–Crippen LogP) is 1.09. The quantitative estimate of drug-likeness (QED) is 0.556. The van der Waals surface area contributed by atoms with Crippen LogP contribution in [0.4, 0.5) is 4.79 Å². The Morgan fingerprint density at radius 1 is 1.23 bits per heavy atom. The first kappa shape index (κ1) is 20.9. The molecule has 0 bridgehead atoms. The lowest BCUT2D eigenvalue weighted by atomic mass is 9.93. The van der Waals surface area contributed by atoms with E-state index < -0.39 is 17.4 Å². The van der Waals surface area contributed by atoms with Crippen molar-refractivity contribution in [1.82, 2.24) is 14.7 Å². The van der Waals surface area contributed by atoms with Crippen molar-refractivity contribution < 1.29 is 24.2 Å². The Morgan fingerprint density at radius 3 is 2.46 bits per heavy atom. The zero-order chi connectivity index (χ0) is 19.7. The molecule has 0 radical (unpaired) electrons. The van der Waals surface area contributed by atoms with Crippen molar-refractivity contribution in [3.05, 3.63) is 0 Å². The molecule has 0 aromatic heterocycles. The highest BCUT2D eigenvalue weighted by molar-refractivity contribution is 5.80. The summed E-state index contributed by atoms with van der Waals surface area (Å²) < 4.78 is 10.7. The number of carbonyl (C=O) groups excluding carboxylic acids is 2. The number of ether oxygens (including phenoxy) is 2. The van der Waals surface area contributed by atoms with Crippen molar-refractivity contribution in [2.45, 2.75) is 59.6 Å². The molecule has 150 valence electrons. The molecule has 2 amide bonds. The van der Waals surface area contributed by atoms with E-state index in [1.807, 2.05) is 30.6 Å². The third-order valence-electron chi connectivity index (χ3n) is 4.65. The number of fused-ring (bicyclic) bond motifs is 1. The molecule has 1 unspecified atom stereocenters. The Balaban J connectivity index is 1.97. The zero-order valence-corrected chi connectivity index (χ0v) is 16.8. The van der Waals surface area contributed by atoms with E-state index in [4.69, 9.17) is 9.47 Å². The second kappa shape index (κ2) is 7.70. The van der Waals surface area contributed by atoms with Crippen LogP contribution in [0.15, 0.2) is 0 Å². The van der Waals surface area contributed by atoms with Gasteiger partial charge in [0.05, 0.1) is 23.7 Å². The van der Waals surface area contributed by atoms with E-state index in [-0.39, 0.29) is 18.0 Å². The Hall–Kier alpha value is -1.38. The summed E-state index contributed by atoms with van der Waals surface area (Å²) in [5.74, 6) is -0.298. The standard InChI is InChI=1S/C18H33N3O5/c1-7-25-14(22)18(5,6)12-20-11-13-10-19(8-9-21(13)15(20)23)16(24)26-17(2,3)4/h13,16,24H,7-12H2,1-6H3/t13-,16?/m0/s1. The van der Waals surface area contributed by atoms with Crippen LogP contribution in [0.1, 0.15) is 41.5 Å². The third-order valence-corrected chi connectivity index (χ3v) is 4.65. The maximum absolute atomic E-state index is 12.7. The summed E-state index contributed by atoms with van der Waals surface area (Å²) in [6.45, 7) is 13.8. The van der Waals surface area contributed by atoms with Gasteiger partial charge >= 0.3 is 12.0 Å². The van der Waals surface area contributed by atoms with Crippen molar-refractivity contribution >= 4 is 12.0 Å². The Kier molecular flexibility index (Phi) is 6.20. The lowest BCUT2D eigenvalue weighted by Gasteiger charge is -2.40. The Morgan fingerprint density at radius 2 is 1.88 bits per heavy atom. The summed E-state index contributed by atoms with van der Waals surface area (Å²) in [5, 5.41) is 10.3. The molecule has 8 heteroatoms. The SMILES string of the molecule is CCOC(=O)C(C)(C)CN1C[C@@H]2CN(C(O)OC(C)(C)C)CCN2C1=O. The Labute approximate surface area is 156 Å². The van der Waals surface area contributed by atoms with Gasteiger partial charge in [-0.05, 0) is 41.5 Å².